The molecule has 1 aliphatic carbocycles. The molecule has 0 saturated carbocycles. The number of carbonyl (C=O) groups is 1. The van der Waals surface area contributed by atoms with Gasteiger partial charge in [-0.15, -0.1) is 0 Å². The molecule has 0 heterocycles. The van der Waals surface area contributed by atoms with Gasteiger partial charge in [-0.25, -0.2) is 0 Å². The monoisotopic (exact) mass is 382 g/mol. The van der Waals surface area contributed by atoms with E-state index in [-0.39, 0.29) is 12.3 Å². The van der Waals surface area contributed by atoms with Crippen LogP contribution in [0, 0.1) is 16.7 Å². The van der Waals surface area contributed by atoms with E-state index in [1.165, 1.54) is 0 Å². The summed E-state index contributed by atoms with van der Waals surface area (Å²) in [6.07, 6.45) is 7.66. The number of benzene rings is 2. The molecule has 144 valence electrons. The van der Waals surface area contributed by atoms with Gasteiger partial charge in [0, 0.05) is 30.4 Å². The number of amides is 1. The Morgan fingerprint density at radius 1 is 1.14 bits per heavy atom. The Morgan fingerprint density at radius 2 is 1.97 bits per heavy atom. The number of nitriles is 1. The Kier molecular flexibility index (Phi) is 6.75. The van der Waals surface area contributed by atoms with Crippen LogP contribution in [0.4, 0.5) is 0 Å². The predicted octanol–water partition coefficient (Wildman–Crippen LogP) is 3.98. The first-order chi connectivity index (χ1) is 14.2. The van der Waals surface area contributed by atoms with Crippen LogP contribution in [0.2, 0.25) is 0 Å². The zero-order valence-corrected chi connectivity index (χ0v) is 16.0. The number of nitrogens with zero attached hydrogens (tertiary/aromatic N) is 1. The Hall–Kier alpha value is -3.91. The molecule has 0 bridgehead atoms. The molecule has 5 heteroatoms. The molecule has 0 radical (unpaired) electrons. The molecule has 5 nitrogen and oxygen atoms in total. The van der Waals surface area contributed by atoms with Crippen LogP contribution < -0.4 is 10.6 Å². The van der Waals surface area contributed by atoms with E-state index in [0.29, 0.717) is 24.4 Å². The average molecular weight is 382 g/mol. The topological polar surface area (TPSA) is 88.8 Å². The Bertz CT molecular complexity index is 1030. The van der Waals surface area contributed by atoms with Crippen LogP contribution in [-0.4, -0.2) is 18.2 Å². The van der Waals surface area contributed by atoms with E-state index >= 15 is 0 Å². The van der Waals surface area contributed by atoms with Crippen LogP contribution in [0.15, 0.2) is 84.6 Å². The molecular formula is C24H22N4O. The lowest BCUT2D eigenvalue weighted by Crippen LogP contribution is -2.24. The second-order valence-corrected chi connectivity index (χ2v) is 6.52. The highest BCUT2D eigenvalue weighted by atomic mass is 16.1. The fourth-order valence-corrected chi connectivity index (χ4v) is 3.00. The van der Waals surface area contributed by atoms with Crippen molar-refractivity contribution >= 4 is 17.2 Å². The molecule has 3 N–H and O–H groups in total. The molecular weight excluding hydrogens is 360 g/mol. The molecule has 0 unspecified atom stereocenters. The number of nitrogens with one attached hydrogen (secondary N) is 3. The fourth-order valence-electron chi connectivity index (χ4n) is 3.00. The van der Waals surface area contributed by atoms with Crippen molar-refractivity contribution in [3.8, 4) is 6.07 Å². The highest BCUT2D eigenvalue weighted by molar-refractivity contribution is 6.19. The van der Waals surface area contributed by atoms with Gasteiger partial charge >= 0.3 is 0 Å². The van der Waals surface area contributed by atoms with Gasteiger partial charge in [0.05, 0.1) is 18.2 Å². The quantitative estimate of drug-likeness (QED) is 0.633. The molecule has 3 rings (SSSR count). The van der Waals surface area contributed by atoms with Gasteiger partial charge < -0.3 is 16.0 Å². The molecule has 2 aromatic rings. The summed E-state index contributed by atoms with van der Waals surface area (Å²) < 4.78 is 0. The number of hydrogen-bond acceptors (Lipinski definition) is 4. The third kappa shape index (κ3) is 5.30. The van der Waals surface area contributed by atoms with Gasteiger partial charge in [-0.2, -0.15) is 5.26 Å². The second-order valence-electron chi connectivity index (χ2n) is 6.52. The summed E-state index contributed by atoms with van der Waals surface area (Å²) in [7, 11) is 0. The predicted molar refractivity (Wildman–Crippen MR) is 115 cm³/mol. The average Bonchev–Trinajstić information content (AvgIpc) is 2.76. The van der Waals surface area contributed by atoms with E-state index in [0.717, 1.165) is 22.3 Å². The van der Waals surface area contributed by atoms with Crippen molar-refractivity contribution in [3.63, 3.8) is 0 Å². The van der Waals surface area contributed by atoms with Crippen LogP contribution in [0.1, 0.15) is 27.9 Å². The van der Waals surface area contributed by atoms with Gasteiger partial charge in [0.25, 0.3) is 5.91 Å². The Labute approximate surface area is 170 Å². The molecule has 0 spiro atoms. The van der Waals surface area contributed by atoms with Gasteiger partial charge in [0.1, 0.15) is 0 Å². The molecule has 1 aliphatic rings. The van der Waals surface area contributed by atoms with E-state index in [1.54, 1.807) is 12.1 Å². The first-order valence-electron chi connectivity index (χ1n) is 9.40. The number of hydrogen-bond donors (Lipinski definition) is 3. The minimum Gasteiger partial charge on any atom is -0.386 e. The molecule has 0 fully saturated rings. The normalized spacial score (nSPS) is 14.2. The standard InChI is InChI=1S/C24H22N4O/c25-13-6-14-28-24(29)20-10-4-9-19(15-20)21-11-5-12-23(26)22(21)17-27-16-18-7-2-1-3-8-18/h1-5,7-12,15,17,26-27H,6,14,16H2,(H,28,29)/b22-17-,26-23?. The first kappa shape index (κ1) is 19.8. The highest BCUT2D eigenvalue weighted by Crippen LogP contribution is 2.27. The number of rotatable bonds is 7. The molecule has 2 aromatic carbocycles. The van der Waals surface area contributed by atoms with E-state index in [1.807, 2.05) is 73.0 Å². The molecule has 29 heavy (non-hydrogen) atoms. The molecule has 0 atom stereocenters. The van der Waals surface area contributed by atoms with E-state index < -0.39 is 0 Å². The van der Waals surface area contributed by atoms with Crippen LogP contribution >= 0.6 is 0 Å². The summed E-state index contributed by atoms with van der Waals surface area (Å²) in [6.45, 7) is 0.986. The fraction of sp³-hybridized carbons (Fsp3) is 0.125. The molecule has 1 amide bonds. The smallest absolute Gasteiger partial charge is 0.251 e. The second kappa shape index (κ2) is 9.86. The minimum absolute atomic E-state index is 0.211. The zero-order valence-electron chi connectivity index (χ0n) is 16.0. The van der Waals surface area contributed by atoms with Gasteiger partial charge in [0.15, 0.2) is 0 Å². The van der Waals surface area contributed by atoms with Crippen molar-refractivity contribution < 1.29 is 4.79 Å². The summed E-state index contributed by atoms with van der Waals surface area (Å²) in [5.74, 6) is -0.211. The highest BCUT2D eigenvalue weighted by Gasteiger charge is 2.15. The van der Waals surface area contributed by atoms with Gasteiger partial charge in [-0.05, 0) is 34.9 Å². The summed E-state index contributed by atoms with van der Waals surface area (Å²) in [5.41, 5.74) is 4.60. The van der Waals surface area contributed by atoms with Crippen molar-refractivity contribution in [2.75, 3.05) is 6.54 Å². The SMILES string of the molecule is N#CCCNC(=O)c1cccc(C2=CC=CC(=N)/C2=C\NCc2ccccc2)c1. The Balaban J connectivity index is 1.79. The van der Waals surface area contributed by atoms with Crippen molar-refractivity contribution in [2.45, 2.75) is 13.0 Å². The van der Waals surface area contributed by atoms with Gasteiger partial charge in [0.2, 0.25) is 0 Å². The van der Waals surface area contributed by atoms with E-state index in [9.17, 15) is 4.79 Å². The van der Waals surface area contributed by atoms with Crippen LogP contribution in [-0.2, 0) is 6.54 Å². The van der Waals surface area contributed by atoms with Crippen molar-refractivity contribution in [2.24, 2.45) is 0 Å². The third-order valence-corrected chi connectivity index (χ3v) is 4.46. The summed E-state index contributed by atoms with van der Waals surface area (Å²) in [5, 5.41) is 23.0. The van der Waals surface area contributed by atoms with Crippen LogP contribution in [0.25, 0.3) is 5.57 Å². The van der Waals surface area contributed by atoms with Gasteiger partial charge in [-0.3, -0.25) is 4.79 Å². The van der Waals surface area contributed by atoms with Crippen molar-refractivity contribution in [1.29, 1.82) is 10.7 Å². The lowest BCUT2D eigenvalue weighted by molar-refractivity contribution is 0.0954. The number of allylic oxidation sites excluding steroid dienone is 5. The van der Waals surface area contributed by atoms with Crippen LogP contribution in [0.5, 0.6) is 0 Å². The van der Waals surface area contributed by atoms with E-state index in [4.69, 9.17) is 10.7 Å². The van der Waals surface area contributed by atoms with Crippen molar-refractivity contribution in [3.05, 3.63) is 101 Å². The van der Waals surface area contributed by atoms with Crippen molar-refractivity contribution in [1.82, 2.24) is 10.6 Å². The first-order valence-corrected chi connectivity index (χ1v) is 9.40. The van der Waals surface area contributed by atoms with Crippen LogP contribution in [0.3, 0.4) is 0 Å². The van der Waals surface area contributed by atoms with E-state index in [2.05, 4.69) is 10.6 Å². The largest absolute Gasteiger partial charge is 0.386 e. The lowest BCUT2D eigenvalue weighted by Gasteiger charge is -2.16. The maximum absolute atomic E-state index is 12.3. The minimum atomic E-state index is -0.211. The summed E-state index contributed by atoms with van der Waals surface area (Å²) in [6, 6.07) is 19.4. The maximum Gasteiger partial charge on any atom is 0.251 e. The van der Waals surface area contributed by atoms with Gasteiger partial charge in [-0.1, -0.05) is 54.6 Å². The molecule has 0 aliphatic heterocycles. The number of carbonyl (C=O) groups excluding carboxylic acids is 1. The lowest BCUT2D eigenvalue weighted by atomic mass is 9.90. The summed E-state index contributed by atoms with van der Waals surface area (Å²) in [4.78, 5) is 12.3. The zero-order chi connectivity index (χ0) is 20.5. The molecule has 0 saturated heterocycles. The third-order valence-electron chi connectivity index (χ3n) is 4.46. The summed E-state index contributed by atoms with van der Waals surface area (Å²) >= 11 is 0. The molecule has 0 aromatic heterocycles. The Morgan fingerprint density at radius 3 is 2.76 bits per heavy atom. The maximum atomic E-state index is 12.3.